The van der Waals surface area contributed by atoms with Gasteiger partial charge in [0.1, 0.15) is 5.75 Å². The van der Waals surface area contributed by atoms with Gasteiger partial charge < -0.3 is 4.74 Å². The zero-order valence-electron chi connectivity index (χ0n) is 8.14. The molecule has 0 aliphatic heterocycles. The average Bonchev–Trinajstić information content (AvgIpc) is 2.17. The molecule has 1 aromatic rings. The molecular formula is C10H11F3OS. The first kappa shape index (κ1) is 12.2. The molecule has 0 unspecified atom stereocenters. The van der Waals surface area contributed by atoms with Crippen LogP contribution in [0.15, 0.2) is 18.2 Å². The Morgan fingerprint density at radius 1 is 1.33 bits per heavy atom. The van der Waals surface area contributed by atoms with Crippen molar-refractivity contribution in [2.24, 2.45) is 0 Å². The van der Waals surface area contributed by atoms with E-state index in [1.165, 1.54) is 19.2 Å². The predicted molar refractivity (Wildman–Crippen MR) is 55.6 cm³/mol. The first-order valence-electron chi connectivity index (χ1n) is 4.34. The number of hydrogen-bond acceptors (Lipinski definition) is 2. The molecule has 0 atom stereocenters. The second kappa shape index (κ2) is 4.79. The number of halogens is 3. The minimum absolute atomic E-state index is 0.213. The van der Waals surface area contributed by atoms with Gasteiger partial charge in [-0.15, -0.1) is 0 Å². The fraction of sp³-hybridized carbons (Fsp3) is 0.400. The molecule has 1 nitrogen and oxygen atoms in total. The minimum Gasteiger partial charge on any atom is -0.497 e. The summed E-state index contributed by atoms with van der Waals surface area (Å²) in [5.74, 6) is 0.598. The average molecular weight is 236 g/mol. The molecular weight excluding hydrogens is 225 g/mol. The molecule has 1 rings (SSSR count). The van der Waals surface area contributed by atoms with Gasteiger partial charge in [0.2, 0.25) is 0 Å². The Balaban J connectivity index is 3.16. The third-order valence-electron chi connectivity index (χ3n) is 2.00. The first-order chi connectivity index (χ1) is 6.99. The van der Waals surface area contributed by atoms with Crippen LogP contribution in [-0.4, -0.2) is 12.9 Å². The summed E-state index contributed by atoms with van der Waals surface area (Å²) >= 11 is 3.93. The van der Waals surface area contributed by atoms with E-state index in [1.54, 1.807) is 0 Å². The summed E-state index contributed by atoms with van der Waals surface area (Å²) < 4.78 is 42.6. The Morgan fingerprint density at radius 3 is 2.47 bits per heavy atom. The molecule has 0 radical (unpaired) electrons. The fourth-order valence-electron chi connectivity index (χ4n) is 1.28. The number of methoxy groups -OCH3 is 1. The molecule has 5 heteroatoms. The number of alkyl halides is 3. The van der Waals surface area contributed by atoms with Gasteiger partial charge in [-0.3, -0.25) is 0 Å². The van der Waals surface area contributed by atoms with E-state index in [2.05, 4.69) is 12.6 Å². The van der Waals surface area contributed by atoms with Crippen LogP contribution in [0.2, 0.25) is 0 Å². The van der Waals surface area contributed by atoms with Crippen LogP contribution in [0.1, 0.15) is 11.1 Å². The lowest BCUT2D eigenvalue weighted by Crippen LogP contribution is -2.09. The van der Waals surface area contributed by atoms with Crippen molar-refractivity contribution in [3.63, 3.8) is 0 Å². The van der Waals surface area contributed by atoms with Crippen LogP contribution in [0, 0.1) is 0 Å². The van der Waals surface area contributed by atoms with Crippen LogP contribution in [0.5, 0.6) is 5.75 Å². The molecule has 0 spiro atoms. The Kier molecular flexibility index (Phi) is 3.90. The van der Waals surface area contributed by atoms with Crippen LogP contribution in [0.4, 0.5) is 13.2 Å². The predicted octanol–water partition coefficient (Wildman–Crippen LogP) is 3.19. The van der Waals surface area contributed by atoms with Crippen LogP contribution in [0.3, 0.4) is 0 Å². The highest BCUT2D eigenvalue weighted by molar-refractivity contribution is 7.80. The molecule has 15 heavy (non-hydrogen) atoms. The van der Waals surface area contributed by atoms with Crippen molar-refractivity contribution in [3.8, 4) is 5.75 Å². The second-order valence-electron chi connectivity index (χ2n) is 2.99. The van der Waals surface area contributed by atoms with Gasteiger partial charge in [-0.05, 0) is 29.9 Å². The van der Waals surface area contributed by atoms with Gasteiger partial charge in [-0.1, -0.05) is 6.07 Å². The monoisotopic (exact) mass is 236 g/mol. The third kappa shape index (κ3) is 3.06. The molecule has 1 aromatic carbocycles. The molecule has 0 aliphatic carbocycles. The highest BCUT2D eigenvalue weighted by Crippen LogP contribution is 2.34. The number of aryl methyl sites for hydroxylation is 1. The molecule has 0 fully saturated rings. The van der Waals surface area contributed by atoms with Crippen molar-refractivity contribution < 1.29 is 17.9 Å². The summed E-state index contributed by atoms with van der Waals surface area (Å²) in [6.45, 7) is 0. The van der Waals surface area contributed by atoms with E-state index in [9.17, 15) is 13.2 Å². The Morgan fingerprint density at radius 2 is 2.00 bits per heavy atom. The molecule has 0 saturated heterocycles. The number of ether oxygens (including phenoxy) is 1. The molecule has 0 bridgehead atoms. The van der Waals surface area contributed by atoms with E-state index in [-0.39, 0.29) is 11.3 Å². The highest BCUT2D eigenvalue weighted by atomic mass is 32.1. The van der Waals surface area contributed by atoms with Crippen molar-refractivity contribution in [2.45, 2.75) is 12.6 Å². The highest BCUT2D eigenvalue weighted by Gasteiger charge is 2.33. The van der Waals surface area contributed by atoms with E-state index in [0.29, 0.717) is 12.2 Å². The van der Waals surface area contributed by atoms with Crippen molar-refractivity contribution in [3.05, 3.63) is 29.3 Å². The second-order valence-corrected chi connectivity index (χ2v) is 3.44. The zero-order chi connectivity index (χ0) is 11.5. The number of benzene rings is 1. The molecule has 0 aromatic heterocycles. The fourth-order valence-corrected chi connectivity index (χ4v) is 1.53. The lowest BCUT2D eigenvalue weighted by atomic mass is 10.0. The zero-order valence-corrected chi connectivity index (χ0v) is 9.03. The summed E-state index contributed by atoms with van der Waals surface area (Å²) in [5, 5.41) is 0. The quantitative estimate of drug-likeness (QED) is 0.793. The standard InChI is InChI=1S/C10H11F3OS/c1-14-8-3-2-7(4-5-15)9(6-8)10(11,12)13/h2-3,6,15H,4-5H2,1H3. The topological polar surface area (TPSA) is 9.23 Å². The summed E-state index contributed by atoms with van der Waals surface area (Å²) in [6, 6.07) is 3.96. The van der Waals surface area contributed by atoms with Gasteiger partial charge in [-0.25, -0.2) is 0 Å². The SMILES string of the molecule is COc1ccc(CCS)c(C(F)(F)F)c1. The summed E-state index contributed by atoms with van der Waals surface area (Å²) in [4.78, 5) is 0. The molecule has 0 aliphatic rings. The normalized spacial score (nSPS) is 11.5. The van der Waals surface area contributed by atoms with E-state index in [0.717, 1.165) is 6.07 Å². The number of thiol groups is 1. The number of rotatable bonds is 3. The minimum atomic E-state index is -4.34. The van der Waals surface area contributed by atoms with E-state index in [4.69, 9.17) is 4.74 Å². The number of hydrogen-bond donors (Lipinski definition) is 1. The summed E-state index contributed by atoms with van der Waals surface area (Å²) in [7, 11) is 1.34. The van der Waals surface area contributed by atoms with E-state index >= 15 is 0 Å². The molecule has 0 saturated carbocycles. The van der Waals surface area contributed by atoms with E-state index < -0.39 is 11.7 Å². The molecule has 84 valence electrons. The van der Waals surface area contributed by atoms with Crippen molar-refractivity contribution in [1.29, 1.82) is 0 Å². The van der Waals surface area contributed by atoms with Crippen LogP contribution in [0.25, 0.3) is 0 Å². The lowest BCUT2D eigenvalue weighted by Gasteiger charge is -2.13. The maximum Gasteiger partial charge on any atom is 0.416 e. The van der Waals surface area contributed by atoms with Gasteiger partial charge in [0.05, 0.1) is 12.7 Å². The van der Waals surface area contributed by atoms with Crippen LogP contribution < -0.4 is 4.74 Å². The molecule has 0 heterocycles. The maximum absolute atomic E-state index is 12.6. The Labute approximate surface area is 91.7 Å². The van der Waals surface area contributed by atoms with Crippen molar-refractivity contribution in [2.75, 3.05) is 12.9 Å². The lowest BCUT2D eigenvalue weighted by molar-refractivity contribution is -0.138. The Hall–Kier alpha value is -0.840. The smallest absolute Gasteiger partial charge is 0.416 e. The van der Waals surface area contributed by atoms with Crippen LogP contribution >= 0.6 is 12.6 Å². The third-order valence-corrected chi connectivity index (χ3v) is 2.23. The summed E-state index contributed by atoms with van der Waals surface area (Å²) in [5.41, 5.74) is -0.394. The van der Waals surface area contributed by atoms with Gasteiger partial charge in [0.15, 0.2) is 0 Å². The van der Waals surface area contributed by atoms with Gasteiger partial charge in [0, 0.05) is 0 Å². The van der Waals surface area contributed by atoms with Crippen LogP contribution in [-0.2, 0) is 12.6 Å². The molecule has 0 N–H and O–H groups in total. The van der Waals surface area contributed by atoms with Crippen molar-refractivity contribution >= 4 is 12.6 Å². The van der Waals surface area contributed by atoms with Gasteiger partial charge in [0.25, 0.3) is 0 Å². The maximum atomic E-state index is 12.6. The first-order valence-corrected chi connectivity index (χ1v) is 4.97. The summed E-state index contributed by atoms with van der Waals surface area (Å²) in [6.07, 6.45) is -4.05. The van der Waals surface area contributed by atoms with Gasteiger partial charge >= 0.3 is 6.18 Å². The van der Waals surface area contributed by atoms with Gasteiger partial charge in [-0.2, -0.15) is 25.8 Å². The van der Waals surface area contributed by atoms with E-state index in [1.807, 2.05) is 0 Å². The molecule has 0 amide bonds. The van der Waals surface area contributed by atoms with Crippen molar-refractivity contribution in [1.82, 2.24) is 0 Å². The Bertz CT molecular complexity index is 336. The largest absolute Gasteiger partial charge is 0.497 e.